The highest BCUT2D eigenvalue weighted by Gasteiger charge is 2.21. The molecule has 0 unspecified atom stereocenters. The summed E-state index contributed by atoms with van der Waals surface area (Å²) in [6.07, 6.45) is 3.69. The number of aryl methyl sites for hydroxylation is 1. The van der Waals surface area contributed by atoms with Crippen LogP contribution in [0.1, 0.15) is 25.1 Å². The number of rotatable bonds is 4. The van der Waals surface area contributed by atoms with Gasteiger partial charge in [0.2, 0.25) is 0 Å². The molecular formula is C19H17F3N4O2S. The molecule has 3 aromatic rings. The summed E-state index contributed by atoms with van der Waals surface area (Å²) in [4.78, 5) is -0.446. The molecular weight excluding hydrogens is 405 g/mol. The molecule has 1 aliphatic rings. The molecule has 1 aromatic heterocycles. The second-order valence-electron chi connectivity index (χ2n) is 6.78. The molecule has 2 aromatic carbocycles. The molecule has 10 heteroatoms. The van der Waals surface area contributed by atoms with Gasteiger partial charge in [-0.2, -0.15) is 0 Å². The van der Waals surface area contributed by atoms with E-state index in [4.69, 9.17) is 0 Å². The summed E-state index contributed by atoms with van der Waals surface area (Å²) < 4.78 is 70.1. The molecule has 1 N–H and O–H groups in total. The van der Waals surface area contributed by atoms with Gasteiger partial charge in [-0.15, -0.1) is 10.2 Å². The molecule has 6 nitrogen and oxygen atoms in total. The van der Waals surface area contributed by atoms with Crippen molar-refractivity contribution in [2.75, 3.05) is 4.72 Å². The fourth-order valence-corrected chi connectivity index (χ4v) is 4.36. The van der Waals surface area contributed by atoms with Crippen molar-refractivity contribution in [1.29, 1.82) is 0 Å². The van der Waals surface area contributed by atoms with Crippen molar-refractivity contribution in [3.8, 4) is 11.4 Å². The largest absolute Gasteiger partial charge is 0.311 e. The SMILES string of the molecule is O=S(=O)(Nc1ccc(F)c(-c2nnc3n2CCCCC3)c1)c1ccc(F)c(F)c1. The lowest BCUT2D eigenvalue weighted by Crippen LogP contribution is -2.14. The molecule has 0 saturated heterocycles. The summed E-state index contributed by atoms with van der Waals surface area (Å²) in [5.41, 5.74) is 0.174. The predicted octanol–water partition coefficient (Wildman–Crippen LogP) is 3.89. The van der Waals surface area contributed by atoms with Crippen molar-refractivity contribution < 1.29 is 21.6 Å². The number of hydrogen-bond donors (Lipinski definition) is 1. The van der Waals surface area contributed by atoms with Gasteiger partial charge >= 0.3 is 0 Å². The van der Waals surface area contributed by atoms with E-state index in [1.165, 1.54) is 12.1 Å². The van der Waals surface area contributed by atoms with Crippen LogP contribution in [0.25, 0.3) is 11.4 Å². The van der Waals surface area contributed by atoms with E-state index in [1.54, 1.807) is 0 Å². The van der Waals surface area contributed by atoms with E-state index >= 15 is 0 Å². The zero-order chi connectivity index (χ0) is 20.6. The first kappa shape index (κ1) is 19.4. The van der Waals surface area contributed by atoms with Crippen molar-refractivity contribution in [1.82, 2.24) is 14.8 Å². The molecule has 0 aliphatic carbocycles. The predicted molar refractivity (Wildman–Crippen MR) is 100 cm³/mol. The first-order chi connectivity index (χ1) is 13.8. The van der Waals surface area contributed by atoms with Crippen LogP contribution in [0.15, 0.2) is 41.3 Å². The Morgan fingerprint density at radius 3 is 2.48 bits per heavy atom. The lowest BCUT2D eigenvalue weighted by molar-refractivity contribution is 0.504. The zero-order valence-electron chi connectivity index (χ0n) is 15.2. The minimum absolute atomic E-state index is 0.0668. The van der Waals surface area contributed by atoms with E-state index in [9.17, 15) is 21.6 Å². The molecule has 0 atom stereocenters. The van der Waals surface area contributed by atoms with Gasteiger partial charge in [-0.25, -0.2) is 21.6 Å². The Morgan fingerprint density at radius 2 is 1.69 bits per heavy atom. The maximum atomic E-state index is 14.5. The van der Waals surface area contributed by atoms with Crippen LogP contribution >= 0.6 is 0 Å². The minimum Gasteiger partial charge on any atom is -0.311 e. The number of hydrogen-bond acceptors (Lipinski definition) is 4. The van der Waals surface area contributed by atoms with E-state index in [0.717, 1.165) is 49.7 Å². The normalized spacial score (nSPS) is 14.3. The van der Waals surface area contributed by atoms with Crippen LogP contribution in [0, 0.1) is 17.5 Å². The average molecular weight is 422 g/mol. The Balaban J connectivity index is 1.69. The van der Waals surface area contributed by atoms with Crippen LogP contribution in [-0.2, 0) is 23.0 Å². The maximum Gasteiger partial charge on any atom is 0.261 e. The monoisotopic (exact) mass is 422 g/mol. The van der Waals surface area contributed by atoms with Gasteiger partial charge in [0.1, 0.15) is 11.6 Å². The van der Waals surface area contributed by atoms with Crippen LogP contribution in [0.5, 0.6) is 0 Å². The van der Waals surface area contributed by atoms with E-state index in [2.05, 4.69) is 14.9 Å². The van der Waals surface area contributed by atoms with E-state index in [-0.39, 0.29) is 11.3 Å². The molecule has 2 heterocycles. The number of nitrogens with zero attached hydrogens (tertiary/aromatic N) is 3. The van der Waals surface area contributed by atoms with Crippen LogP contribution in [-0.4, -0.2) is 23.2 Å². The lowest BCUT2D eigenvalue weighted by atomic mass is 10.1. The molecule has 0 saturated carbocycles. The van der Waals surface area contributed by atoms with Gasteiger partial charge in [-0.1, -0.05) is 6.42 Å². The fourth-order valence-electron chi connectivity index (χ4n) is 3.30. The first-order valence-electron chi connectivity index (χ1n) is 9.05. The van der Waals surface area contributed by atoms with Crippen molar-refractivity contribution >= 4 is 15.7 Å². The summed E-state index contributed by atoms with van der Waals surface area (Å²) in [5.74, 6) is -1.91. The standard InChI is InChI=1S/C19H17F3N4O2S/c20-15-7-5-12(25-29(27,28)13-6-8-16(21)17(22)11-13)10-14(15)19-24-23-18-4-2-1-3-9-26(18)19/h5-8,10-11,25H,1-4,9H2. The molecule has 1 aliphatic heterocycles. The number of sulfonamides is 1. The van der Waals surface area contributed by atoms with Gasteiger partial charge in [0, 0.05) is 18.7 Å². The minimum atomic E-state index is -4.20. The van der Waals surface area contributed by atoms with Crippen LogP contribution < -0.4 is 4.72 Å². The Kier molecular flexibility index (Phi) is 5.03. The van der Waals surface area contributed by atoms with Crippen molar-refractivity contribution in [2.45, 2.75) is 37.1 Å². The van der Waals surface area contributed by atoms with Gasteiger partial charge in [0.15, 0.2) is 17.5 Å². The van der Waals surface area contributed by atoms with Crippen molar-refractivity contribution in [2.24, 2.45) is 0 Å². The number of nitrogens with one attached hydrogen (secondary N) is 1. The number of benzene rings is 2. The Bertz CT molecular complexity index is 1180. The quantitative estimate of drug-likeness (QED) is 0.692. The molecule has 29 heavy (non-hydrogen) atoms. The fraction of sp³-hybridized carbons (Fsp3) is 0.263. The van der Waals surface area contributed by atoms with Gasteiger partial charge in [-0.05, 0) is 49.2 Å². The first-order valence-corrected chi connectivity index (χ1v) is 10.5. The third-order valence-electron chi connectivity index (χ3n) is 4.77. The molecule has 0 bridgehead atoms. The highest BCUT2D eigenvalue weighted by atomic mass is 32.2. The summed E-state index contributed by atoms with van der Waals surface area (Å²) in [7, 11) is -4.20. The second-order valence-corrected chi connectivity index (χ2v) is 8.46. The Morgan fingerprint density at radius 1 is 0.897 bits per heavy atom. The lowest BCUT2D eigenvalue weighted by Gasteiger charge is -2.12. The number of aromatic nitrogens is 3. The van der Waals surface area contributed by atoms with E-state index in [0.29, 0.717) is 18.4 Å². The molecule has 4 rings (SSSR count). The third kappa shape index (κ3) is 3.84. The Labute approximate surface area is 165 Å². The second kappa shape index (κ2) is 7.51. The van der Waals surface area contributed by atoms with Gasteiger partial charge in [0.25, 0.3) is 10.0 Å². The molecule has 0 spiro atoms. The van der Waals surface area contributed by atoms with Gasteiger partial charge in [0.05, 0.1) is 10.5 Å². The molecule has 152 valence electrons. The van der Waals surface area contributed by atoms with E-state index in [1.807, 2.05) is 4.57 Å². The smallest absolute Gasteiger partial charge is 0.261 e. The number of fused-ring (bicyclic) bond motifs is 1. The molecule has 0 fully saturated rings. The topological polar surface area (TPSA) is 76.9 Å². The van der Waals surface area contributed by atoms with Gasteiger partial charge in [-0.3, -0.25) is 4.72 Å². The maximum absolute atomic E-state index is 14.5. The van der Waals surface area contributed by atoms with Crippen LogP contribution in [0.3, 0.4) is 0 Å². The summed E-state index contributed by atoms with van der Waals surface area (Å²) in [5, 5.41) is 8.23. The molecule has 0 amide bonds. The number of anilines is 1. The van der Waals surface area contributed by atoms with E-state index < -0.39 is 32.4 Å². The van der Waals surface area contributed by atoms with Gasteiger partial charge < -0.3 is 4.57 Å². The van der Waals surface area contributed by atoms with Crippen LogP contribution in [0.4, 0.5) is 18.9 Å². The Hall–Kier alpha value is -2.88. The number of halogens is 3. The highest BCUT2D eigenvalue weighted by Crippen LogP contribution is 2.28. The summed E-state index contributed by atoms with van der Waals surface area (Å²) in [6.45, 7) is 0.655. The molecule has 0 radical (unpaired) electrons. The summed E-state index contributed by atoms with van der Waals surface area (Å²) >= 11 is 0. The van der Waals surface area contributed by atoms with Crippen molar-refractivity contribution in [3.05, 3.63) is 59.7 Å². The zero-order valence-corrected chi connectivity index (χ0v) is 16.0. The average Bonchev–Trinajstić information content (AvgIpc) is 2.93. The van der Waals surface area contributed by atoms with Crippen molar-refractivity contribution in [3.63, 3.8) is 0 Å². The van der Waals surface area contributed by atoms with Crippen LogP contribution in [0.2, 0.25) is 0 Å². The third-order valence-corrected chi connectivity index (χ3v) is 6.15. The highest BCUT2D eigenvalue weighted by molar-refractivity contribution is 7.92. The summed E-state index contributed by atoms with van der Waals surface area (Å²) in [6, 6.07) is 5.94.